The van der Waals surface area contributed by atoms with E-state index >= 15 is 0 Å². The van der Waals surface area contributed by atoms with Crippen LogP contribution in [0.2, 0.25) is 0 Å². The van der Waals surface area contributed by atoms with Gasteiger partial charge in [-0.05, 0) is 37.0 Å². The third-order valence-corrected chi connectivity index (χ3v) is 5.38. The van der Waals surface area contributed by atoms with Crippen LogP contribution in [0.1, 0.15) is 65.2 Å². The Hall–Kier alpha value is -0.0400. The first kappa shape index (κ1) is 11.4. The van der Waals surface area contributed by atoms with Crippen molar-refractivity contribution in [1.29, 1.82) is 0 Å². The van der Waals surface area contributed by atoms with Crippen LogP contribution in [-0.4, -0.2) is 12.7 Å². The summed E-state index contributed by atoms with van der Waals surface area (Å²) >= 11 is 0. The van der Waals surface area contributed by atoms with Crippen molar-refractivity contribution < 1.29 is 4.74 Å². The molecule has 0 amide bonds. The zero-order chi connectivity index (χ0) is 10.9. The molecule has 88 valence electrons. The van der Waals surface area contributed by atoms with E-state index in [9.17, 15) is 0 Å². The third-order valence-electron chi connectivity index (χ3n) is 5.38. The molecule has 3 unspecified atom stereocenters. The topological polar surface area (TPSA) is 9.23 Å². The summed E-state index contributed by atoms with van der Waals surface area (Å²) in [6.45, 7) is 4.86. The maximum Gasteiger partial charge on any atom is 0.0712 e. The molecule has 0 N–H and O–H groups in total. The second-order valence-electron chi connectivity index (χ2n) is 5.93. The van der Waals surface area contributed by atoms with E-state index in [2.05, 4.69) is 13.8 Å². The molecule has 15 heavy (non-hydrogen) atoms. The molecule has 0 aromatic rings. The molecule has 2 saturated carbocycles. The summed E-state index contributed by atoms with van der Waals surface area (Å²) in [6.07, 6.45) is 10.9. The molecule has 0 spiro atoms. The van der Waals surface area contributed by atoms with E-state index in [1.54, 1.807) is 0 Å². The number of fused-ring (bicyclic) bond motifs is 1. The molecule has 2 fully saturated rings. The van der Waals surface area contributed by atoms with Gasteiger partial charge >= 0.3 is 0 Å². The smallest absolute Gasteiger partial charge is 0.0712 e. The minimum Gasteiger partial charge on any atom is -0.378 e. The van der Waals surface area contributed by atoms with Crippen molar-refractivity contribution in [2.75, 3.05) is 7.11 Å². The van der Waals surface area contributed by atoms with Gasteiger partial charge in [-0.2, -0.15) is 0 Å². The molecule has 1 nitrogen and oxygen atoms in total. The maximum atomic E-state index is 5.98. The average Bonchev–Trinajstić information content (AvgIpc) is 2.29. The van der Waals surface area contributed by atoms with Crippen LogP contribution in [0, 0.1) is 11.3 Å². The molecule has 0 aromatic heterocycles. The summed E-state index contributed by atoms with van der Waals surface area (Å²) in [5.74, 6) is 0.822. The zero-order valence-corrected chi connectivity index (χ0v) is 10.6. The first-order valence-electron chi connectivity index (χ1n) is 6.72. The minimum absolute atomic E-state index is 0.251. The van der Waals surface area contributed by atoms with E-state index in [1.165, 1.54) is 51.4 Å². The van der Waals surface area contributed by atoms with Crippen LogP contribution in [0.4, 0.5) is 0 Å². The Morgan fingerprint density at radius 3 is 2.53 bits per heavy atom. The quantitative estimate of drug-likeness (QED) is 0.665. The Morgan fingerprint density at radius 2 is 1.87 bits per heavy atom. The highest BCUT2D eigenvalue weighted by Crippen LogP contribution is 2.55. The lowest BCUT2D eigenvalue weighted by Gasteiger charge is -2.55. The van der Waals surface area contributed by atoms with Crippen molar-refractivity contribution in [3.63, 3.8) is 0 Å². The maximum absolute atomic E-state index is 5.98. The standard InChI is InChI=1S/C14H26O/c1-4-13(2)9-7-11-14(15-3)10-6-5-8-12(13)14/h12H,4-11H2,1-3H3. The second kappa shape index (κ2) is 4.08. The predicted molar refractivity (Wildman–Crippen MR) is 63.9 cm³/mol. The molecule has 1 heteroatoms. The van der Waals surface area contributed by atoms with Crippen LogP contribution in [0.5, 0.6) is 0 Å². The van der Waals surface area contributed by atoms with E-state index in [0.29, 0.717) is 5.41 Å². The molecular weight excluding hydrogens is 184 g/mol. The van der Waals surface area contributed by atoms with Gasteiger partial charge < -0.3 is 4.74 Å². The Bertz CT molecular complexity index is 221. The molecule has 0 aliphatic heterocycles. The van der Waals surface area contributed by atoms with Gasteiger partial charge in [-0.1, -0.05) is 39.5 Å². The highest BCUT2D eigenvalue weighted by Gasteiger charge is 2.51. The van der Waals surface area contributed by atoms with Crippen molar-refractivity contribution in [2.24, 2.45) is 11.3 Å². The molecule has 0 heterocycles. The van der Waals surface area contributed by atoms with Gasteiger partial charge in [0.1, 0.15) is 0 Å². The van der Waals surface area contributed by atoms with Crippen LogP contribution >= 0.6 is 0 Å². The van der Waals surface area contributed by atoms with E-state index in [0.717, 1.165) is 5.92 Å². The fraction of sp³-hybridized carbons (Fsp3) is 1.00. The molecule has 0 aromatic carbocycles. The van der Waals surface area contributed by atoms with Gasteiger partial charge in [-0.15, -0.1) is 0 Å². The van der Waals surface area contributed by atoms with Crippen LogP contribution in [-0.2, 0) is 4.74 Å². The average molecular weight is 210 g/mol. The molecule has 2 aliphatic rings. The highest BCUT2D eigenvalue weighted by molar-refractivity contribution is 5.02. The summed E-state index contributed by atoms with van der Waals surface area (Å²) in [6, 6.07) is 0. The highest BCUT2D eigenvalue weighted by atomic mass is 16.5. The largest absolute Gasteiger partial charge is 0.378 e. The molecule has 2 aliphatic carbocycles. The summed E-state index contributed by atoms with van der Waals surface area (Å²) in [4.78, 5) is 0. The number of ether oxygens (including phenoxy) is 1. The van der Waals surface area contributed by atoms with Crippen molar-refractivity contribution in [3.05, 3.63) is 0 Å². The summed E-state index contributed by atoms with van der Waals surface area (Å²) in [5, 5.41) is 0. The van der Waals surface area contributed by atoms with Gasteiger partial charge in [0.15, 0.2) is 0 Å². The second-order valence-corrected chi connectivity index (χ2v) is 5.93. The van der Waals surface area contributed by atoms with Crippen LogP contribution in [0.15, 0.2) is 0 Å². The van der Waals surface area contributed by atoms with Crippen LogP contribution in [0.3, 0.4) is 0 Å². The SMILES string of the molecule is CCC1(C)CCCC2(OC)CCCCC12. The van der Waals surface area contributed by atoms with Crippen molar-refractivity contribution >= 4 is 0 Å². The minimum atomic E-state index is 0.251. The number of hydrogen-bond donors (Lipinski definition) is 0. The normalized spacial score (nSPS) is 46.2. The first-order valence-corrected chi connectivity index (χ1v) is 6.72. The Kier molecular flexibility index (Phi) is 3.12. The van der Waals surface area contributed by atoms with E-state index in [-0.39, 0.29) is 5.60 Å². The molecule has 3 atom stereocenters. The molecule has 2 rings (SSSR count). The Morgan fingerprint density at radius 1 is 1.13 bits per heavy atom. The van der Waals surface area contributed by atoms with Crippen molar-refractivity contribution in [1.82, 2.24) is 0 Å². The predicted octanol–water partition coefficient (Wildman–Crippen LogP) is 4.16. The molecular formula is C14H26O. The van der Waals surface area contributed by atoms with E-state index < -0.39 is 0 Å². The Labute approximate surface area is 94.6 Å². The first-order chi connectivity index (χ1) is 7.17. The fourth-order valence-electron chi connectivity index (χ4n) is 4.23. The van der Waals surface area contributed by atoms with Gasteiger partial charge in [-0.25, -0.2) is 0 Å². The van der Waals surface area contributed by atoms with Gasteiger partial charge in [-0.3, -0.25) is 0 Å². The van der Waals surface area contributed by atoms with Gasteiger partial charge in [0, 0.05) is 7.11 Å². The number of rotatable bonds is 2. The third kappa shape index (κ3) is 1.73. The molecule has 0 saturated heterocycles. The monoisotopic (exact) mass is 210 g/mol. The van der Waals surface area contributed by atoms with Crippen molar-refractivity contribution in [3.8, 4) is 0 Å². The number of methoxy groups -OCH3 is 1. The van der Waals surface area contributed by atoms with Gasteiger partial charge in [0.05, 0.1) is 5.60 Å². The van der Waals surface area contributed by atoms with E-state index in [4.69, 9.17) is 4.74 Å². The lowest BCUT2D eigenvalue weighted by molar-refractivity contribution is -0.153. The lowest BCUT2D eigenvalue weighted by atomic mass is 9.55. The van der Waals surface area contributed by atoms with Crippen molar-refractivity contribution in [2.45, 2.75) is 70.8 Å². The van der Waals surface area contributed by atoms with Crippen LogP contribution < -0.4 is 0 Å². The van der Waals surface area contributed by atoms with E-state index in [1.807, 2.05) is 7.11 Å². The summed E-state index contributed by atoms with van der Waals surface area (Å²) in [5.41, 5.74) is 0.802. The molecule has 0 bridgehead atoms. The van der Waals surface area contributed by atoms with Gasteiger partial charge in [0.2, 0.25) is 0 Å². The van der Waals surface area contributed by atoms with Crippen LogP contribution in [0.25, 0.3) is 0 Å². The number of hydrogen-bond acceptors (Lipinski definition) is 1. The van der Waals surface area contributed by atoms with Gasteiger partial charge in [0.25, 0.3) is 0 Å². The lowest BCUT2D eigenvalue weighted by Crippen LogP contribution is -2.52. The fourth-order valence-corrected chi connectivity index (χ4v) is 4.23. The summed E-state index contributed by atoms with van der Waals surface area (Å²) < 4.78 is 5.98. The summed E-state index contributed by atoms with van der Waals surface area (Å²) in [7, 11) is 1.94. The molecule has 0 radical (unpaired) electrons. The zero-order valence-electron chi connectivity index (χ0n) is 10.6. The Balaban J connectivity index is 2.26.